The Kier molecular flexibility index (Phi) is 4.66. The van der Waals surface area contributed by atoms with E-state index in [0.717, 1.165) is 5.56 Å². The molecule has 0 fully saturated rings. The predicted molar refractivity (Wildman–Crippen MR) is 86.1 cm³/mol. The highest BCUT2D eigenvalue weighted by molar-refractivity contribution is 7.80. The van der Waals surface area contributed by atoms with Gasteiger partial charge in [-0.3, -0.25) is 10.1 Å². The molecule has 2 rings (SSSR count). The number of hydrogen-bond acceptors (Lipinski definition) is 4. The van der Waals surface area contributed by atoms with Crippen LogP contribution in [0.1, 0.15) is 25.6 Å². The molecule has 0 saturated carbocycles. The van der Waals surface area contributed by atoms with E-state index in [9.17, 15) is 9.59 Å². The smallest absolute Gasteiger partial charge is 0.335 e. The van der Waals surface area contributed by atoms with Crippen LogP contribution in [0.15, 0.2) is 35.7 Å². The van der Waals surface area contributed by atoms with Crippen LogP contribution < -0.4 is 10.6 Å². The number of amides is 1. The minimum absolute atomic E-state index is 0.124. The monoisotopic (exact) mass is 320 g/mol. The first-order chi connectivity index (χ1) is 9.97. The molecule has 108 valence electrons. The highest BCUT2D eigenvalue weighted by Gasteiger charge is 2.11. The van der Waals surface area contributed by atoms with Crippen LogP contribution in [0.3, 0.4) is 0 Å². The third-order valence-corrected chi connectivity index (χ3v) is 3.78. The molecule has 1 heterocycles. The Morgan fingerprint density at radius 3 is 2.67 bits per heavy atom. The van der Waals surface area contributed by atoms with Crippen LogP contribution >= 0.6 is 23.6 Å². The fourth-order valence-corrected chi connectivity index (χ4v) is 2.44. The first-order valence-corrected chi connectivity index (χ1v) is 7.26. The Bertz CT molecular complexity index is 696. The predicted octanol–water partition coefficient (Wildman–Crippen LogP) is 2.88. The summed E-state index contributed by atoms with van der Waals surface area (Å²) in [5.41, 5.74) is 1.52. The highest BCUT2D eigenvalue weighted by Crippen LogP contribution is 2.17. The van der Waals surface area contributed by atoms with E-state index in [2.05, 4.69) is 10.6 Å². The Balaban J connectivity index is 2.07. The Hall–Kier alpha value is -2.25. The molecule has 1 amide bonds. The van der Waals surface area contributed by atoms with E-state index in [1.807, 2.05) is 6.92 Å². The number of benzene rings is 1. The molecule has 2 aromatic rings. The molecule has 0 unspecified atom stereocenters. The molecule has 5 nitrogen and oxygen atoms in total. The molecule has 21 heavy (non-hydrogen) atoms. The van der Waals surface area contributed by atoms with Gasteiger partial charge in [-0.2, -0.15) is 0 Å². The first-order valence-electron chi connectivity index (χ1n) is 5.97. The van der Waals surface area contributed by atoms with Crippen LogP contribution in [0, 0.1) is 6.92 Å². The molecule has 3 N–H and O–H groups in total. The van der Waals surface area contributed by atoms with E-state index in [0.29, 0.717) is 10.6 Å². The summed E-state index contributed by atoms with van der Waals surface area (Å²) in [7, 11) is 0. The topological polar surface area (TPSA) is 78.4 Å². The number of carbonyl (C=O) groups excluding carboxylic acids is 1. The number of thiophene rings is 1. The standard InChI is InChI=1S/C14H12N2O3S2/c1-8-4-5-9(13(18)19)7-10(8)15-14(20)16-12(17)11-3-2-6-21-11/h2-7H,1H3,(H,18,19)(H2,15,16,17,20). The molecule has 1 aromatic heterocycles. The van der Waals surface area contributed by atoms with Crippen LogP contribution in [0.4, 0.5) is 5.69 Å². The van der Waals surface area contributed by atoms with Crippen LogP contribution in [0.2, 0.25) is 0 Å². The van der Waals surface area contributed by atoms with Crippen molar-refractivity contribution in [3.8, 4) is 0 Å². The zero-order valence-corrected chi connectivity index (χ0v) is 12.7. The number of carboxylic acids is 1. The summed E-state index contributed by atoms with van der Waals surface area (Å²) >= 11 is 6.38. The Morgan fingerprint density at radius 1 is 1.29 bits per heavy atom. The maximum atomic E-state index is 11.8. The number of carboxylic acid groups (broad SMARTS) is 1. The minimum atomic E-state index is -1.02. The summed E-state index contributed by atoms with van der Waals surface area (Å²) in [6.07, 6.45) is 0. The number of aryl methyl sites for hydroxylation is 1. The van der Waals surface area contributed by atoms with Crippen molar-refractivity contribution in [2.75, 3.05) is 5.32 Å². The van der Waals surface area contributed by atoms with Crippen LogP contribution in [-0.2, 0) is 0 Å². The quantitative estimate of drug-likeness (QED) is 0.758. The second-order valence-corrected chi connectivity index (χ2v) is 5.58. The fraction of sp³-hybridized carbons (Fsp3) is 0.0714. The van der Waals surface area contributed by atoms with E-state index in [1.54, 1.807) is 23.6 Å². The van der Waals surface area contributed by atoms with Crippen LogP contribution in [0.5, 0.6) is 0 Å². The molecule has 0 aliphatic carbocycles. The van der Waals surface area contributed by atoms with Crippen LogP contribution in [-0.4, -0.2) is 22.1 Å². The average Bonchev–Trinajstić information content (AvgIpc) is 2.95. The maximum absolute atomic E-state index is 11.8. The van der Waals surface area contributed by atoms with Gasteiger partial charge in [0, 0.05) is 5.69 Å². The van der Waals surface area contributed by atoms with Gasteiger partial charge in [-0.25, -0.2) is 4.79 Å². The second kappa shape index (κ2) is 6.47. The average molecular weight is 320 g/mol. The van der Waals surface area contributed by atoms with Crippen molar-refractivity contribution in [3.05, 3.63) is 51.7 Å². The summed E-state index contributed by atoms with van der Waals surface area (Å²) in [5.74, 6) is -1.32. The van der Waals surface area contributed by atoms with E-state index < -0.39 is 5.97 Å². The lowest BCUT2D eigenvalue weighted by molar-refractivity contribution is 0.0696. The molecule has 0 aliphatic heterocycles. The van der Waals surface area contributed by atoms with Gasteiger partial charge in [-0.15, -0.1) is 11.3 Å². The van der Waals surface area contributed by atoms with Crippen molar-refractivity contribution in [1.29, 1.82) is 0 Å². The fourth-order valence-electron chi connectivity index (χ4n) is 1.62. The molecular formula is C14H12N2O3S2. The molecule has 0 aliphatic rings. The summed E-state index contributed by atoms with van der Waals surface area (Å²) < 4.78 is 0. The van der Waals surface area contributed by atoms with Crippen molar-refractivity contribution >= 4 is 46.2 Å². The lowest BCUT2D eigenvalue weighted by Gasteiger charge is -2.12. The lowest BCUT2D eigenvalue weighted by atomic mass is 10.1. The van der Waals surface area contributed by atoms with Gasteiger partial charge in [0.25, 0.3) is 5.91 Å². The summed E-state index contributed by atoms with van der Waals surface area (Å²) in [6, 6.07) is 8.13. The molecular weight excluding hydrogens is 308 g/mol. The molecule has 0 bridgehead atoms. The third-order valence-electron chi connectivity index (χ3n) is 2.70. The van der Waals surface area contributed by atoms with Gasteiger partial charge >= 0.3 is 5.97 Å². The molecule has 0 radical (unpaired) electrons. The second-order valence-electron chi connectivity index (χ2n) is 4.22. The summed E-state index contributed by atoms with van der Waals surface area (Å²) in [6.45, 7) is 1.82. The van der Waals surface area contributed by atoms with E-state index in [1.165, 1.54) is 23.5 Å². The van der Waals surface area contributed by atoms with Crippen molar-refractivity contribution in [3.63, 3.8) is 0 Å². The normalized spacial score (nSPS) is 9.95. The molecule has 7 heteroatoms. The SMILES string of the molecule is Cc1ccc(C(=O)O)cc1NC(=S)NC(=O)c1cccs1. The summed E-state index contributed by atoms with van der Waals surface area (Å²) in [4.78, 5) is 23.3. The number of anilines is 1. The van der Waals surface area contributed by atoms with Gasteiger partial charge in [0.15, 0.2) is 5.11 Å². The third kappa shape index (κ3) is 3.87. The Morgan fingerprint density at radius 2 is 2.05 bits per heavy atom. The van der Waals surface area contributed by atoms with Crippen molar-refractivity contribution < 1.29 is 14.7 Å². The number of nitrogens with one attached hydrogen (secondary N) is 2. The number of hydrogen-bond donors (Lipinski definition) is 3. The van der Waals surface area contributed by atoms with E-state index in [-0.39, 0.29) is 16.6 Å². The molecule has 0 spiro atoms. The largest absolute Gasteiger partial charge is 0.478 e. The van der Waals surface area contributed by atoms with Gasteiger partial charge < -0.3 is 10.4 Å². The minimum Gasteiger partial charge on any atom is -0.478 e. The van der Waals surface area contributed by atoms with Crippen molar-refractivity contribution in [2.45, 2.75) is 6.92 Å². The number of rotatable bonds is 3. The number of thiocarbonyl (C=S) groups is 1. The van der Waals surface area contributed by atoms with Crippen molar-refractivity contribution in [2.24, 2.45) is 0 Å². The number of carbonyl (C=O) groups is 2. The highest BCUT2D eigenvalue weighted by atomic mass is 32.1. The maximum Gasteiger partial charge on any atom is 0.335 e. The van der Waals surface area contributed by atoms with Crippen molar-refractivity contribution in [1.82, 2.24) is 5.32 Å². The lowest BCUT2D eigenvalue weighted by Crippen LogP contribution is -2.33. The van der Waals surface area contributed by atoms with Gasteiger partial charge in [0.2, 0.25) is 0 Å². The van der Waals surface area contributed by atoms with Gasteiger partial charge in [0.05, 0.1) is 10.4 Å². The zero-order chi connectivity index (χ0) is 15.4. The zero-order valence-electron chi connectivity index (χ0n) is 11.0. The first kappa shape index (κ1) is 15.1. The summed E-state index contributed by atoms with van der Waals surface area (Å²) in [5, 5.41) is 16.3. The Labute approximate surface area is 130 Å². The van der Waals surface area contributed by atoms with E-state index in [4.69, 9.17) is 17.3 Å². The molecule has 0 saturated heterocycles. The van der Waals surface area contributed by atoms with Gasteiger partial charge in [0.1, 0.15) is 0 Å². The number of aromatic carboxylic acids is 1. The van der Waals surface area contributed by atoms with Crippen LogP contribution in [0.25, 0.3) is 0 Å². The van der Waals surface area contributed by atoms with E-state index >= 15 is 0 Å². The van der Waals surface area contributed by atoms with Gasteiger partial charge in [-0.1, -0.05) is 12.1 Å². The molecule has 0 atom stereocenters. The molecule has 1 aromatic carbocycles. The van der Waals surface area contributed by atoms with Gasteiger partial charge in [-0.05, 0) is 48.3 Å².